The molecule has 1 amide bonds. The van der Waals surface area contributed by atoms with Crippen molar-refractivity contribution in [1.29, 1.82) is 0 Å². The molecule has 0 aliphatic carbocycles. The predicted octanol–water partition coefficient (Wildman–Crippen LogP) is 1.71. The van der Waals surface area contributed by atoms with E-state index in [-0.39, 0.29) is 11.8 Å². The highest BCUT2D eigenvalue weighted by atomic mass is 32.1. The van der Waals surface area contributed by atoms with Crippen molar-refractivity contribution in [2.75, 3.05) is 13.1 Å². The van der Waals surface area contributed by atoms with Crippen LogP contribution in [0.5, 0.6) is 0 Å². The lowest BCUT2D eigenvalue weighted by atomic mass is 9.97. The molecule has 1 fully saturated rings. The summed E-state index contributed by atoms with van der Waals surface area (Å²) < 4.78 is 37.9. The van der Waals surface area contributed by atoms with E-state index in [9.17, 15) is 18.0 Å². The number of thiocarbonyl (C=S) groups is 1. The number of halogens is 3. The highest BCUT2D eigenvalue weighted by molar-refractivity contribution is 7.80. The maximum atomic E-state index is 12.6. The highest BCUT2D eigenvalue weighted by Crippen LogP contribution is 2.29. The lowest BCUT2D eigenvalue weighted by Crippen LogP contribution is -2.48. The van der Waals surface area contributed by atoms with Gasteiger partial charge in [-0.2, -0.15) is 13.2 Å². The Balaban J connectivity index is 2.74. The molecule has 2 N–H and O–H groups in total. The van der Waals surface area contributed by atoms with Crippen LogP contribution in [0.1, 0.15) is 19.8 Å². The summed E-state index contributed by atoms with van der Waals surface area (Å²) in [6.45, 7) is 1.61. The zero-order chi connectivity index (χ0) is 13.2. The van der Waals surface area contributed by atoms with Crippen LogP contribution in [0.4, 0.5) is 13.2 Å². The second-order valence-electron chi connectivity index (χ2n) is 4.32. The highest BCUT2D eigenvalue weighted by Gasteiger charge is 2.44. The topological polar surface area (TPSA) is 46.3 Å². The van der Waals surface area contributed by atoms with Gasteiger partial charge < -0.3 is 10.6 Å². The zero-order valence-electron chi connectivity index (χ0n) is 9.46. The summed E-state index contributed by atoms with van der Waals surface area (Å²) in [6, 6.07) is 0. The van der Waals surface area contributed by atoms with Gasteiger partial charge in [0.25, 0.3) is 0 Å². The van der Waals surface area contributed by atoms with Crippen molar-refractivity contribution >= 4 is 23.1 Å². The standard InChI is InChI=1S/C10H15F3N2OS/c1-6-3-2-4-15(9(6)16)5-7(8(14)17)10(11,12)13/h6-7H,2-5H2,1H3,(H2,14,17). The molecule has 1 heterocycles. The van der Waals surface area contributed by atoms with Crippen LogP contribution in [0, 0.1) is 11.8 Å². The van der Waals surface area contributed by atoms with Gasteiger partial charge in [-0.3, -0.25) is 4.79 Å². The Morgan fingerprint density at radius 2 is 2.24 bits per heavy atom. The molecular formula is C10H15F3N2OS. The van der Waals surface area contributed by atoms with Crippen LogP contribution < -0.4 is 5.73 Å². The summed E-state index contributed by atoms with van der Waals surface area (Å²) in [5, 5.41) is 0. The molecule has 1 aliphatic rings. The van der Waals surface area contributed by atoms with E-state index in [0.717, 1.165) is 12.8 Å². The van der Waals surface area contributed by atoms with Gasteiger partial charge in [-0.25, -0.2) is 0 Å². The van der Waals surface area contributed by atoms with Crippen molar-refractivity contribution in [3.8, 4) is 0 Å². The molecule has 0 aromatic carbocycles. The van der Waals surface area contributed by atoms with Crippen molar-refractivity contribution < 1.29 is 18.0 Å². The molecule has 1 saturated heterocycles. The van der Waals surface area contributed by atoms with E-state index in [2.05, 4.69) is 12.2 Å². The summed E-state index contributed by atoms with van der Waals surface area (Å²) >= 11 is 4.42. The lowest BCUT2D eigenvalue weighted by molar-refractivity contribution is -0.164. The first-order valence-electron chi connectivity index (χ1n) is 5.38. The summed E-state index contributed by atoms with van der Waals surface area (Å²) in [6.07, 6.45) is -3.05. The summed E-state index contributed by atoms with van der Waals surface area (Å²) in [5.74, 6) is -2.38. The Labute approximate surface area is 103 Å². The van der Waals surface area contributed by atoms with Crippen molar-refractivity contribution in [2.45, 2.75) is 25.9 Å². The predicted molar refractivity (Wildman–Crippen MR) is 61.3 cm³/mol. The molecular weight excluding hydrogens is 253 g/mol. The monoisotopic (exact) mass is 268 g/mol. The van der Waals surface area contributed by atoms with Gasteiger partial charge in [0.2, 0.25) is 5.91 Å². The van der Waals surface area contributed by atoms with E-state index in [1.165, 1.54) is 4.90 Å². The average molecular weight is 268 g/mol. The number of piperidine rings is 1. The first kappa shape index (κ1) is 14.2. The molecule has 1 aliphatic heterocycles. The Morgan fingerprint density at radius 1 is 1.65 bits per heavy atom. The van der Waals surface area contributed by atoms with Crippen LogP contribution in [0.15, 0.2) is 0 Å². The van der Waals surface area contributed by atoms with Crippen LogP contribution in [0.25, 0.3) is 0 Å². The Kier molecular flexibility index (Phi) is 4.35. The molecule has 0 saturated carbocycles. The average Bonchev–Trinajstić information content (AvgIpc) is 2.17. The van der Waals surface area contributed by atoms with E-state index >= 15 is 0 Å². The van der Waals surface area contributed by atoms with Gasteiger partial charge in [0.1, 0.15) is 5.92 Å². The van der Waals surface area contributed by atoms with Crippen LogP contribution in [0.2, 0.25) is 0 Å². The minimum Gasteiger partial charge on any atom is -0.393 e. The molecule has 0 aromatic rings. The Hall–Kier alpha value is -0.850. The molecule has 2 atom stereocenters. The fourth-order valence-electron chi connectivity index (χ4n) is 1.89. The molecule has 0 aromatic heterocycles. The molecule has 17 heavy (non-hydrogen) atoms. The SMILES string of the molecule is CC1CCCN(CC(C(N)=S)C(F)(F)F)C1=O. The molecule has 2 unspecified atom stereocenters. The smallest absolute Gasteiger partial charge is 0.393 e. The number of hydrogen-bond donors (Lipinski definition) is 1. The molecule has 0 bridgehead atoms. The maximum Gasteiger partial charge on any atom is 0.399 e. The number of likely N-dealkylation sites (tertiary alicyclic amines) is 1. The minimum absolute atomic E-state index is 0.219. The van der Waals surface area contributed by atoms with Crippen molar-refractivity contribution in [2.24, 2.45) is 17.6 Å². The van der Waals surface area contributed by atoms with E-state index < -0.39 is 23.6 Å². The summed E-state index contributed by atoms with van der Waals surface area (Å²) in [5.41, 5.74) is 5.09. The second-order valence-corrected chi connectivity index (χ2v) is 4.80. The second kappa shape index (κ2) is 5.20. The number of carbonyl (C=O) groups excluding carboxylic acids is 1. The minimum atomic E-state index is -4.49. The molecule has 0 radical (unpaired) electrons. The third kappa shape index (κ3) is 3.55. The first-order chi connectivity index (χ1) is 7.73. The molecule has 7 heteroatoms. The normalized spacial score (nSPS) is 23.6. The van der Waals surface area contributed by atoms with Gasteiger partial charge in [-0.05, 0) is 12.8 Å². The van der Waals surface area contributed by atoms with Gasteiger partial charge in [-0.15, -0.1) is 0 Å². The van der Waals surface area contributed by atoms with Gasteiger partial charge in [0.15, 0.2) is 0 Å². The van der Waals surface area contributed by atoms with E-state index in [1.807, 2.05) is 0 Å². The summed E-state index contributed by atoms with van der Waals surface area (Å²) in [7, 11) is 0. The third-order valence-electron chi connectivity index (χ3n) is 2.94. The fraction of sp³-hybridized carbons (Fsp3) is 0.800. The van der Waals surface area contributed by atoms with Crippen LogP contribution in [-0.2, 0) is 4.79 Å². The van der Waals surface area contributed by atoms with Gasteiger partial charge in [0.05, 0.1) is 4.99 Å². The number of nitrogens with zero attached hydrogens (tertiary/aromatic N) is 1. The van der Waals surface area contributed by atoms with Gasteiger partial charge in [0, 0.05) is 19.0 Å². The van der Waals surface area contributed by atoms with Crippen LogP contribution >= 0.6 is 12.2 Å². The third-order valence-corrected chi connectivity index (χ3v) is 3.22. The van der Waals surface area contributed by atoms with Crippen LogP contribution in [-0.4, -0.2) is 35.1 Å². The zero-order valence-corrected chi connectivity index (χ0v) is 10.3. The first-order valence-corrected chi connectivity index (χ1v) is 5.79. The molecule has 3 nitrogen and oxygen atoms in total. The van der Waals surface area contributed by atoms with Crippen molar-refractivity contribution in [1.82, 2.24) is 4.90 Å². The number of nitrogens with two attached hydrogens (primary N) is 1. The van der Waals surface area contributed by atoms with Crippen molar-refractivity contribution in [3.63, 3.8) is 0 Å². The molecule has 0 spiro atoms. The number of hydrogen-bond acceptors (Lipinski definition) is 2. The van der Waals surface area contributed by atoms with Crippen LogP contribution in [0.3, 0.4) is 0 Å². The molecule has 1 rings (SSSR count). The van der Waals surface area contributed by atoms with Crippen molar-refractivity contribution in [3.05, 3.63) is 0 Å². The number of amides is 1. The quantitative estimate of drug-likeness (QED) is 0.793. The van der Waals surface area contributed by atoms with E-state index in [1.54, 1.807) is 6.92 Å². The molecule has 98 valence electrons. The van der Waals surface area contributed by atoms with Gasteiger partial charge in [-0.1, -0.05) is 19.1 Å². The van der Waals surface area contributed by atoms with E-state index in [0.29, 0.717) is 6.54 Å². The number of carbonyl (C=O) groups is 1. The maximum absolute atomic E-state index is 12.6. The Bertz CT molecular complexity index is 319. The van der Waals surface area contributed by atoms with Gasteiger partial charge >= 0.3 is 6.18 Å². The summed E-state index contributed by atoms with van der Waals surface area (Å²) in [4.78, 5) is 12.3. The van der Waals surface area contributed by atoms with E-state index in [4.69, 9.17) is 5.73 Å². The lowest BCUT2D eigenvalue weighted by Gasteiger charge is -2.33. The largest absolute Gasteiger partial charge is 0.399 e. The fourth-order valence-corrected chi connectivity index (χ4v) is 2.10. The Morgan fingerprint density at radius 3 is 2.71 bits per heavy atom. The number of rotatable bonds is 3. The number of alkyl halides is 3.